The number of hydrogen-bond acceptors (Lipinski definition) is 0. The first-order valence-electron chi connectivity index (χ1n) is 3.30. The van der Waals surface area contributed by atoms with Crippen LogP contribution in [0.1, 0.15) is 19.3 Å². The Hall–Kier alpha value is 0.0901. The van der Waals surface area contributed by atoms with E-state index in [-0.39, 0.29) is 25.8 Å². The van der Waals surface area contributed by atoms with E-state index in [1.54, 1.807) is 0 Å². The summed E-state index contributed by atoms with van der Waals surface area (Å²) in [7, 11) is 0. The average molecular weight is 298 g/mol. The van der Waals surface area contributed by atoms with Crippen molar-refractivity contribution in [2.24, 2.45) is 0 Å². The summed E-state index contributed by atoms with van der Waals surface area (Å²) in [4.78, 5) is 0. The van der Waals surface area contributed by atoms with E-state index >= 15 is 0 Å². The van der Waals surface area contributed by atoms with Crippen molar-refractivity contribution in [3.05, 3.63) is 36.5 Å². The first-order chi connectivity index (χ1) is 4.43. The molecule has 0 aliphatic heterocycles. The Balaban J connectivity index is 0.000000810. The zero-order valence-corrected chi connectivity index (χ0v) is 9.65. The van der Waals surface area contributed by atoms with E-state index in [0.29, 0.717) is 0 Å². The molecular formula is C9H11Hf-. The van der Waals surface area contributed by atoms with Crippen LogP contribution in [0.25, 0.3) is 0 Å². The molecule has 1 rings (SSSR count). The normalized spacial score (nSPS) is 14.2. The van der Waals surface area contributed by atoms with Crippen LogP contribution in [0.3, 0.4) is 0 Å². The molecule has 0 saturated heterocycles. The average Bonchev–Trinajstić information content (AvgIpc) is 2.34. The Kier molecular flexibility index (Phi) is 5.90. The van der Waals surface area contributed by atoms with Crippen molar-refractivity contribution in [1.29, 1.82) is 0 Å². The summed E-state index contributed by atoms with van der Waals surface area (Å²) in [6.45, 7) is 3.66. The Labute approximate surface area is 81.5 Å². The van der Waals surface area contributed by atoms with Gasteiger partial charge in [0.2, 0.25) is 0 Å². The molecule has 0 heterocycles. The second kappa shape index (κ2) is 5.84. The first-order valence-corrected chi connectivity index (χ1v) is 3.30. The SMILES string of the molecule is C=CCCC1=[C-]CC=C1.[Hf]. The Morgan fingerprint density at radius 2 is 2.50 bits per heavy atom. The van der Waals surface area contributed by atoms with Gasteiger partial charge in [-0.2, -0.15) is 6.08 Å². The zero-order chi connectivity index (χ0) is 6.53. The van der Waals surface area contributed by atoms with E-state index in [9.17, 15) is 0 Å². The van der Waals surface area contributed by atoms with Crippen LogP contribution in [-0.2, 0) is 25.8 Å². The molecule has 0 unspecified atom stereocenters. The fourth-order valence-electron chi connectivity index (χ4n) is 0.879. The predicted octanol–water partition coefficient (Wildman–Crippen LogP) is 2.64. The van der Waals surface area contributed by atoms with Crippen LogP contribution in [0.4, 0.5) is 0 Å². The molecule has 0 aromatic carbocycles. The summed E-state index contributed by atoms with van der Waals surface area (Å²) in [5.74, 6) is 0. The van der Waals surface area contributed by atoms with Crippen molar-refractivity contribution >= 4 is 0 Å². The molecule has 0 bridgehead atoms. The second-order valence-corrected chi connectivity index (χ2v) is 2.14. The first kappa shape index (κ1) is 10.1. The van der Waals surface area contributed by atoms with Gasteiger partial charge in [-0.05, 0) is 6.42 Å². The molecule has 0 spiro atoms. The number of hydrogen-bond donors (Lipinski definition) is 0. The van der Waals surface area contributed by atoms with Gasteiger partial charge in [-0.1, -0.05) is 12.5 Å². The van der Waals surface area contributed by atoms with Gasteiger partial charge in [0.1, 0.15) is 0 Å². The van der Waals surface area contributed by atoms with E-state index in [1.165, 1.54) is 5.57 Å². The Bertz CT molecular complexity index is 154. The van der Waals surface area contributed by atoms with Crippen LogP contribution in [0.15, 0.2) is 30.4 Å². The standard InChI is InChI=1S/C9H11.Hf/c1-2-3-6-9-7-4-5-8-9;/h2,4,7H,1,3,5-6H2;/q-1;. The minimum absolute atomic E-state index is 0. The third kappa shape index (κ3) is 3.31. The molecule has 1 aliphatic carbocycles. The molecule has 0 atom stereocenters. The van der Waals surface area contributed by atoms with Crippen LogP contribution in [0.5, 0.6) is 0 Å². The van der Waals surface area contributed by atoms with Gasteiger partial charge in [0.25, 0.3) is 0 Å². The fraction of sp³-hybridized carbons (Fsp3) is 0.333. The fourth-order valence-corrected chi connectivity index (χ4v) is 0.879. The van der Waals surface area contributed by atoms with Crippen LogP contribution in [0.2, 0.25) is 0 Å². The largest absolute Gasteiger partial charge is 0.269 e. The number of rotatable bonds is 3. The van der Waals surface area contributed by atoms with Crippen LogP contribution >= 0.6 is 0 Å². The maximum atomic E-state index is 3.66. The van der Waals surface area contributed by atoms with E-state index < -0.39 is 0 Å². The van der Waals surface area contributed by atoms with Gasteiger partial charge in [0, 0.05) is 25.8 Å². The van der Waals surface area contributed by atoms with Crippen LogP contribution in [-0.4, -0.2) is 0 Å². The van der Waals surface area contributed by atoms with Gasteiger partial charge in [0.15, 0.2) is 0 Å². The van der Waals surface area contributed by atoms with Gasteiger partial charge < -0.3 is 0 Å². The van der Waals surface area contributed by atoms with Gasteiger partial charge in [-0.15, -0.1) is 13.0 Å². The molecule has 0 nitrogen and oxygen atoms in total. The quantitative estimate of drug-likeness (QED) is 0.427. The molecule has 0 fully saturated rings. The second-order valence-electron chi connectivity index (χ2n) is 2.14. The predicted molar refractivity (Wildman–Crippen MR) is 39.9 cm³/mol. The maximum Gasteiger partial charge on any atom is 0 e. The zero-order valence-electron chi connectivity index (χ0n) is 6.06. The maximum absolute atomic E-state index is 3.66. The van der Waals surface area contributed by atoms with Crippen molar-refractivity contribution in [3.63, 3.8) is 0 Å². The molecule has 0 aromatic rings. The molecule has 0 N–H and O–H groups in total. The van der Waals surface area contributed by atoms with Crippen molar-refractivity contribution < 1.29 is 25.8 Å². The van der Waals surface area contributed by atoms with Gasteiger partial charge >= 0.3 is 0 Å². The van der Waals surface area contributed by atoms with E-state index in [1.807, 2.05) is 6.08 Å². The summed E-state index contributed by atoms with van der Waals surface area (Å²) in [5, 5.41) is 0. The minimum atomic E-state index is 0. The minimum Gasteiger partial charge on any atom is -0.269 e. The smallest absolute Gasteiger partial charge is 0 e. The molecule has 1 heteroatoms. The Morgan fingerprint density at radius 3 is 3.00 bits per heavy atom. The molecule has 52 valence electrons. The molecule has 0 amide bonds. The number of allylic oxidation sites excluding steroid dienone is 5. The third-order valence-corrected chi connectivity index (χ3v) is 1.38. The molecular weight excluding hydrogens is 287 g/mol. The van der Waals surface area contributed by atoms with Crippen molar-refractivity contribution in [1.82, 2.24) is 0 Å². The topological polar surface area (TPSA) is 0 Å². The van der Waals surface area contributed by atoms with Crippen molar-refractivity contribution in [2.45, 2.75) is 19.3 Å². The van der Waals surface area contributed by atoms with Crippen molar-refractivity contribution in [3.8, 4) is 0 Å². The van der Waals surface area contributed by atoms with E-state index in [2.05, 4.69) is 24.8 Å². The van der Waals surface area contributed by atoms with Crippen LogP contribution < -0.4 is 0 Å². The van der Waals surface area contributed by atoms with Gasteiger partial charge in [-0.25, -0.2) is 11.6 Å². The van der Waals surface area contributed by atoms with E-state index in [0.717, 1.165) is 19.3 Å². The van der Waals surface area contributed by atoms with Gasteiger partial charge in [-0.3, -0.25) is 6.08 Å². The summed E-state index contributed by atoms with van der Waals surface area (Å²) < 4.78 is 0. The molecule has 10 heavy (non-hydrogen) atoms. The van der Waals surface area contributed by atoms with Gasteiger partial charge in [0.05, 0.1) is 0 Å². The summed E-state index contributed by atoms with van der Waals surface area (Å²) >= 11 is 0. The van der Waals surface area contributed by atoms with Crippen LogP contribution in [0, 0.1) is 6.08 Å². The summed E-state index contributed by atoms with van der Waals surface area (Å²) in [6, 6.07) is 0. The molecule has 0 aromatic heterocycles. The molecule has 1 aliphatic rings. The molecule has 0 saturated carbocycles. The molecule has 0 radical (unpaired) electrons. The third-order valence-electron chi connectivity index (χ3n) is 1.38. The Morgan fingerprint density at radius 1 is 1.70 bits per heavy atom. The van der Waals surface area contributed by atoms with Crippen molar-refractivity contribution in [2.75, 3.05) is 0 Å². The summed E-state index contributed by atoms with van der Waals surface area (Å²) in [6.07, 6.45) is 12.7. The van der Waals surface area contributed by atoms with E-state index in [4.69, 9.17) is 0 Å². The summed E-state index contributed by atoms with van der Waals surface area (Å²) in [5.41, 5.74) is 1.34. The monoisotopic (exact) mass is 299 g/mol.